The zero-order valence-electron chi connectivity index (χ0n) is 16.6. The van der Waals surface area contributed by atoms with Crippen LogP contribution in [-0.2, 0) is 31.2 Å². The molecule has 0 spiro atoms. The van der Waals surface area contributed by atoms with Crippen molar-refractivity contribution in [1.82, 2.24) is 20.0 Å². The first kappa shape index (κ1) is 19.8. The van der Waals surface area contributed by atoms with Crippen LogP contribution in [0.5, 0.6) is 0 Å². The minimum atomic E-state index is 0.676. The van der Waals surface area contributed by atoms with Gasteiger partial charge < -0.3 is 15.0 Å². The number of rotatable bonds is 10. The largest absolute Gasteiger partial charge is 0.379 e. The smallest absolute Gasteiger partial charge is 0.194 e. The summed E-state index contributed by atoms with van der Waals surface area (Å²) in [5, 5.41) is 8.03. The summed E-state index contributed by atoms with van der Waals surface area (Å²) in [5.74, 6) is 1.75. The van der Waals surface area contributed by atoms with Crippen LogP contribution >= 0.6 is 0 Å². The highest BCUT2D eigenvalue weighted by Gasteiger charge is 2.21. The molecule has 6 nitrogen and oxygen atoms in total. The maximum Gasteiger partial charge on any atom is 0.194 e. The summed E-state index contributed by atoms with van der Waals surface area (Å²) in [6.07, 6.45) is 4.60. The zero-order chi connectivity index (χ0) is 18.2. The van der Waals surface area contributed by atoms with Crippen molar-refractivity contribution in [2.24, 2.45) is 18.0 Å². The van der Waals surface area contributed by atoms with Crippen LogP contribution in [0.25, 0.3) is 0 Å². The summed E-state index contributed by atoms with van der Waals surface area (Å²) in [7, 11) is 4.10. The van der Waals surface area contributed by atoms with Crippen LogP contribution in [0.2, 0.25) is 0 Å². The number of guanidine groups is 1. The van der Waals surface area contributed by atoms with Crippen molar-refractivity contribution in [3.05, 3.63) is 17.0 Å². The van der Waals surface area contributed by atoms with Crippen LogP contribution in [0.3, 0.4) is 0 Å². The number of aromatic nitrogens is 2. The first-order chi connectivity index (χ1) is 12.1. The molecule has 0 unspecified atom stereocenters. The molecule has 0 aliphatic heterocycles. The fourth-order valence-electron chi connectivity index (χ4n) is 3.04. The quantitative estimate of drug-likeness (QED) is 0.400. The lowest BCUT2D eigenvalue weighted by molar-refractivity contribution is 0.115. The summed E-state index contributed by atoms with van der Waals surface area (Å²) >= 11 is 0. The predicted octanol–water partition coefficient (Wildman–Crippen LogP) is 2.37. The second-order valence-electron chi connectivity index (χ2n) is 6.81. The molecule has 0 radical (unpaired) electrons. The highest BCUT2D eigenvalue weighted by molar-refractivity contribution is 5.79. The van der Waals surface area contributed by atoms with Crippen molar-refractivity contribution in [3.8, 4) is 0 Å². The Morgan fingerprint density at radius 1 is 1.32 bits per heavy atom. The first-order valence-corrected chi connectivity index (χ1v) is 9.71. The lowest BCUT2D eigenvalue weighted by atomic mass is 10.1. The molecular formula is C19H35N5O. The predicted molar refractivity (Wildman–Crippen MR) is 103 cm³/mol. The summed E-state index contributed by atoms with van der Waals surface area (Å²) in [6.45, 7) is 10.5. The highest BCUT2D eigenvalue weighted by atomic mass is 16.5. The van der Waals surface area contributed by atoms with E-state index < -0.39 is 0 Å². The second kappa shape index (κ2) is 9.80. The Labute approximate surface area is 152 Å². The third kappa shape index (κ3) is 5.73. The van der Waals surface area contributed by atoms with Crippen LogP contribution in [0.15, 0.2) is 4.99 Å². The summed E-state index contributed by atoms with van der Waals surface area (Å²) in [5.41, 5.74) is 3.72. The lowest BCUT2D eigenvalue weighted by Crippen LogP contribution is -2.40. The summed E-state index contributed by atoms with van der Waals surface area (Å²) < 4.78 is 7.76. The van der Waals surface area contributed by atoms with Gasteiger partial charge in [-0.05, 0) is 38.5 Å². The molecule has 25 heavy (non-hydrogen) atoms. The van der Waals surface area contributed by atoms with Gasteiger partial charge in [0.2, 0.25) is 0 Å². The Balaban J connectivity index is 1.97. The number of hydrogen-bond acceptors (Lipinski definition) is 3. The molecule has 1 saturated carbocycles. The average Bonchev–Trinajstić information content (AvgIpc) is 3.37. The van der Waals surface area contributed by atoms with Crippen LogP contribution in [0, 0.1) is 5.92 Å². The molecule has 1 aliphatic rings. The molecule has 0 saturated heterocycles. The summed E-state index contributed by atoms with van der Waals surface area (Å²) in [6, 6.07) is 0. The van der Waals surface area contributed by atoms with Crippen LogP contribution in [-0.4, -0.2) is 54.0 Å². The van der Waals surface area contributed by atoms with Gasteiger partial charge in [0.15, 0.2) is 5.96 Å². The van der Waals surface area contributed by atoms with Gasteiger partial charge in [0.05, 0.1) is 18.8 Å². The third-order valence-corrected chi connectivity index (χ3v) is 4.73. The van der Waals surface area contributed by atoms with Gasteiger partial charge in [0, 0.05) is 45.0 Å². The van der Waals surface area contributed by atoms with Gasteiger partial charge in [-0.3, -0.25) is 4.68 Å². The number of hydrogen-bond donors (Lipinski definition) is 1. The lowest BCUT2D eigenvalue weighted by Gasteiger charge is -2.22. The molecule has 1 N–H and O–H groups in total. The molecule has 0 bridgehead atoms. The van der Waals surface area contributed by atoms with E-state index in [2.05, 4.69) is 43.1 Å². The van der Waals surface area contributed by atoms with Gasteiger partial charge in [-0.2, -0.15) is 5.10 Å². The zero-order valence-corrected chi connectivity index (χ0v) is 16.6. The van der Waals surface area contributed by atoms with Crippen LogP contribution in [0.1, 0.15) is 50.6 Å². The molecule has 1 aromatic heterocycles. The molecule has 0 amide bonds. The Morgan fingerprint density at radius 2 is 2.08 bits per heavy atom. The van der Waals surface area contributed by atoms with E-state index in [4.69, 9.17) is 9.73 Å². The van der Waals surface area contributed by atoms with Gasteiger partial charge >= 0.3 is 0 Å². The molecule has 142 valence electrons. The van der Waals surface area contributed by atoms with Crippen molar-refractivity contribution in [1.29, 1.82) is 0 Å². The number of aryl methyl sites for hydroxylation is 2. The minimum Gasteiger partial charge on any atom is -0.379 e. The van der Waals surface area contributed by atoms with E-state index in [0.29, 0.717) is 6.54 Å². The van der Waals surface area contributed by atoms with Gasteiger partial charge in [0.25, 0.3) is 0 Å². The minimum absolute atomic E-state index is 0.676. The van der Waals surface area contributed by atoms with Crippen molar-refractivity contribution in [2.75, 3.05) is 33.4 Å². The molecule has 6 heteroatoms. The topological polar surface area (TPSA) is 54.7 Å². The number of ether oxygens (including phenoxy) is 1. The Hall–Kier alpha value is -1.56. The maximum absolute atomic E-state index is 5.76. The van der Waals surface area contributed by atoms with Crippen molar-refractivity contribution in [2.45, 2.75) is 53.0 Å². The fraction of sp³-hybridized carbons (Fsp3) is 0.789. The molecule has 0 aromatic carbocycles. The highest BCUT2D eigenvalue weighted by Crippen LogP contribution is 2.28. The van der Waals surface area contributed by atoms with E-state index >= 15 is 0 Å². The Kier molecular flexibility index (Phi) is 7.75. The van der Waals surface area contributed by atoms with Crippen molar-refractivity contribution < 1.29 is 4.74 Å². The van der Waals surface area contributed by atoms with Crippen LogP contribution in [0.4, 0.5) is 0 Å². The third-order valence-electron chi connectivity index (χ3n) is 4.73. The normalized spacial score (nSPS) is 14.8. The monoisotopic (exact) mass is 349 g/mol. The maximum atomic E-state index is 5.76. The second-order valence-corrected chi connectivity index (χ2v) is 6.81. The molecule has 1 aliphatic carbocycles. The molecule has 1 heterocycles. The van der Waals surface area contributed by atoms with Gasteiger partial charge in [0.1, 0.15) is 0 Å². The SMILES string of the molecule is CCNC(=NCc1c(CC)nn(C)c1CC)N(C)CCOCC1CC1. The van der Waals surface area contributed by atoms with E-state index in [-0.39, 0.29) is 0 Å². The van der Waals surface area contributed by atoms with E-state index in [9.17, 15) is 0 Å². The van der Waals surface area contributed by atoms with E-state index in [1.165, 1.54) is 24.1 Å². The number of likely N-dealkylation sites (N-methyl/N-ethyl adjacent to an activating group) is 1. The molecule has 0 atom stereocenters. The van der Waals surface area contributed by atoms with E-state index in [1.807, 2.05) is 11.7 Å². The van der Waals surface area contributed by atoms with Crippen LogP contribution < -0.4 is 5.32 Å². The van der Waals surface area contributed by atoms with Gasteiger partial charge in [-0.15, -0.1) is 0 Å². The number of aliphatic imine (C=N–C) groups is 1. The molecule has 2 rings (SSSR count). The molecule has 1 aromatic rings. The standard InChI is InChI=1S/C19H35N5O/c1-6-17-16(18(7-2)24(5)22-17)13-21-19(20-8-3)23(4)11-12-25-14-15-9-10-15/h15H,6-14H2,1-5H3,(H,20,21). The van der Waals surface area contributed by atoms with E-state index in [0.717, 1.165) is 56.7 Å². The number of nitrogens with one attached hydrogen (secondary N) is 1. The molecular weight excluding hydrogens is 314 g/mol. The van der Waals surface area contributed by atoms with E-state index in [1.54, 1.807) is 0 Å². The first-order valence-electron chi connectivity index (χ1n) is 9.71. The van der Waals surface area contributed by atoms with Crippen molar-refractivity contribution in [3.63, 3.8) is 0 Å². The Bertz CT molecular complexity index is 562. The average molecular weight is 350 g/mol. The Morgan fingerprint density at radius 3 is 2.68 bits per heavy atom. The van der Waals surface area contributed by atoms with Crippen molar-refractivity contribution >= 4 is 5.96 Å². The van der Waals surface area contributed by atoms with Gasteiger partial charge in [-0.25, -0.2) is 4.99 Å². The van der Waals surface area contributed by atoms with Gasteiger partial charge in [-0.1, -0.05) is 13.8 Å². The fourth-order valence-corrected chi connectivity index (χ4v) is 3.04. The molecule has 1 fully saturated rings. The summed E-state index contributed by atoms with van der Waals surface area (Å²) in [4.78, 5) is 7.02. The number of nitrogens with zero attached hydrogens (tertiary/aromatic N) is 4.